The average molecular weight is 395 g/mol. The van der Waals surface area contributed by atoms with Gasteiger partial charge in [-0.1, -0.05) is 32.9 Å². The number of rotatable bonds is 8. The van der Waals surface area contributed by atoms with Gasteiger partial charge in [-0.25, -0.2) is 4.79 Å². The van der Waals surface area contributed by atoms with E-state index in [1.165, 1.54) is 4.90 Å². The smallest absolute Gasteiger partial charge is 0.407 e. The topological polar surface area (TPSA) is 60.9 Å². The number of thiophene rings is 2. The van der Waals surface area contributed by atoms with Gasteiger partial charge in [-0.05, 0) is 28.3 Å². The molecule has 2 amide bonds. The number of carbonyl (C=O) groups excluding carboxylic acids is 1. The van der Waals surface area contributed by atoms with E-state index in [-0.39, 0.29) is 24.3 Å². The Hall–Kier alpha value is -1.86. The fourth-order valence-corrected chi connectivity index (χ4v) is 4.06. The van der Waals surface area contributed by atoms with Crippen molar-refractivity contribution in [2.45, 2.75) is 40.3 Å². The zero-order valence-electron chi connectivity index (χ0n) is 15.5. The van der Waals surface area contributed by atoms with E-state index < -0.39 is 6.09 Å². The van der Waals surface area contributed by atoms with Crippen molar-refractivity contribution in [3.8, 4) is 0 Å². The van der Waals surface area contributed by atoms with Crippen molar-refractivity contribution in [2.24, 2.45) is 5.41 Å². The van der Waals surface area contributed by atoms with E-state index in [9.17, 15) is 14.7 Å². The minimum Gasteiger partial charge on any atom is -0.465 e. The third-order valence-corrected chi connectivity index (χ3v) is 5.46. The van der Waals surface area contributed by atoms with Crippen molar-refractivity contribution in [1.29, 1.82) is 0 Å². The largest absolute Gasteiger partial charge is 0.465 e. The summed E-state index contributed by atoms with van der Waals surface area (Å²) in [5, 5.41) is 13.4. The molecule has 26 heavy (non-hydrogen) atoms. The molecule has 0 fully saturated rings. The molecule has 0 aliphatic carbocycles. The Kier molecular flexibility index (Phi) is 7.23. The summed E-state index contributed by atoms with van der Waals surface area (Å²) >= 11 is 3.25. The Bertz CT molecular complexity index is 655. The summed E-state index contributed by atoms with van der Waals surface area (Å²) in [6, 6.07) is 7.98. The Morgan fingerprint density at radius 1 is 1.00 bits per heavy atom. The molecular formula is C19H26N2O3S2. The lowest BCUT2D eigenvalue weighted by Crippen LogP contribution is -2.40. The van der Waals surface area contributed by atoms with E-state index in [2.05, 4.69) is 0 Å². The highest BCUT2D eigenvalue weighted by Gasteiger charge is 2.23. The van der Waals surface area contributed by atoms with Crippen LogP contribution in [-0.4, -0.2) is 40.0 Å². The maximum absolute atomic E-state index is 12.8. The van der Waals surface area contributed by atoms with Crippen LogP contribution < -0.4 is 0 Å². The van der Waals surface area contributed by atoms with Crippen molar-refractivity contribution < 1.29 is 14.7 Å². The lowest BCUT2D eigenvalue weighted by Gasteiger charge is -2.28. The van der Waals surface area contributed by atoms with Crippen molar-refractivity contribution in [3.05, 3.63) is 44.8 Å². The van der Waals surface area contributed by atoms with Gasteiger partial charge in [0.2, 0.25) is 5.91 Å². The summed E-state index contributed by atoms with van der Waals surface area (Å²) in [6.45, 7) is 7.71. The summed E-state index contributed by atoms with van der Waals surface area (Å²) < 4.78 is 0. The van der Waals surface area contributed by atoms with Gasteiger partial charge in [0.05, 0.1) is 13.1 Å². The first-order valence-electron chi connectivity index (χ1n) is 8.55. The standard InChI is InChI=1S/C19H26N2O3S2/c1-19(2,3)14-20(18(23)24)9-8-17(22)21(12-15-6-4-10-25-15)13-16-7-5-11-26-16/h4-7,10-11H,8-9,12-14H2,1-3H3,(H,23,24). The van der Waals surface area contributed by atoms with Gasteiger partial charge in [0, 0.05) is 29.3 Å². The van der Waals surface area contributed by atoms with Gasteiger partial charge in [0.15, 0.2) is 0 Å². The predicted molar refractivity (Wildman–Crippen MR) is 107 cm³/mol. The first kappa shape index (κ1) is 20.5. The maximum atomic E-state index is 12.8. The molecule has 7 heteroatoms. The summed E-state index contributed by atoms with van der Waals surface area (Å²) in [4.78, 5) is 29.7. The molecule has 2 aromatic heterocycles. The summed E-state index contributed by atoms with van der Waals surface area (Å²) in [5.41, 5.74) is -0.144. The lowest BCUT2D eigenvalue weighted by molar-refractivity contribution is -0.132. The van der Waals surface area contributed by atoms with Crippen LogP contribution in [-0.2, 0) is 17.9 Å². The van der Waals surface area contributed by atoms with Gasteiger partial charge in [-0.15, -0.1) is 22.7 Å². The fraction of sp³-hybridized carbons (Fsp3) is 0.474. The van der Waals surface area contributed by atoms with E-state index in [1.54, 1.807) is 22.7 Å². The van der Waals surface area contributed by atoms with Crippen LogP contribution in [0, 0.1) is 5.41 Å². The normalized spacial score (nSPS) is 11.3. The lowest BCUT2D eigenvalue weighted by atomic mass is 9.96. The molecule has 0 saturated heterocycles. The average Bonchev–Trinajstić information content (AvgIpc) is 3.23. The summed E-state index contributed by atoms with van der Waals surface area (Å²) in [5.74, 6) is -0.0213. The number of carboxylic acid groups (broad SMARTS) is 1. The van der Waals surface area contributed by atoms with Crippen LogP contribution in [0.5, 0.6) is 0 Å². The molecule has 142 valence electrons. The molecular weight excluding hydrogens is 368 g/mol. The second-order valence-electron chi connectivity index (χ2n) is 7.42. The molecule has 2 heterocycles. The van der Waals surface area contributed by atoms with E-state index in [1.807, 2.05) is 60.7 Å². The Labute approximate surface area is 162 Å². The van der Waals surface area contributed by atoms with Crippen LogP contribution in [0.15, 0.2) is 35.0 Å². The molecule has 2 aromatic rings. The number of amides is 2. The molecule has 0 unspecified atom stereocenters. The molecule has 5 nitrogen and oxygen atoms in total. The molecule has 0 radical (unpaired) electrons. The highest BCUT2D eigenvalue weighted by molar-refractivity contribution is 7.10. The van der Waals surface area contributed by atoms with Crippen molar-refractivity contribution in [2.75, 3.05) is 13.1 Å². The van der Waals surface area contributed by atoms with E-state index in [4.69, 9.17) is 0 Å². The number of nitrogens with zero attached hydrogens (tertiary/aromatic N) is 2. The monoisotopic (exact) mass is 394 g/mol. The minimum atomic E-state index is -0.976. The van der Waals surface area contributed by atoms with Crippen LogP contribution in [0.3, 0.4) is 0 Å². The molecule has 1 N–H and O–H groups in total. The van der Waals surface area contributed by atoms with Crippen LogP contribution in [0.1, 0.15) is 36.9 Å². The molecule has 0 bridgehead atoms. The Balaban J connectivity index is 2.01. The molecule has 2 rings (SSSR count). The maximum Gasteiger partial charge on any atom is 0.407 e. The molecule has 0 spiro atoms. The summed E-state index contributed by atoms with van der Waals surface area (Å²) in [7, 11) is 0. The van der Waals surface area contributed by atoms with Crippen molar-refractivity contribution >= 4 is 34.7 Å². The number of carbonyl (C=O) groups is 2. The second kappa shape index (κ2) is 9.19. The van der Waals surface area contributed by atoms with Gasteiger partial charge in [0.1, 0.15) is 0 Å². The SMILES string of the molecule is CC(C)(C)CN(CCC(=O)N(Cc1cccs1)Cc1cccs1)C(=O)O. The van der Waals surface area contributed by atoms with Gasteiger partial charge >= 0.3 is 6.09 Å². The van der Waals surface area contributed by atoms with Crippen molar-refractivity contribution in [3.63, 3.8) is 0 Å². The fourth-order valence-electron chi connectivity index (χ4n) is 2.62. The van der Waals surface area contributed by atoms with Crippen LogP contribution >= 0.6 is 22.7 Å². The first-order valence-corrected chi connectivity index (χ1v) is 10.3. The van der Waals surface area contributed by atoms with Gasteiger partial charge < -0.3 is 14.9 Å². The number of hydrogen-bond acceptors (Lipinski definition) is 4. The van der Waals surface area contributed by atoms with E-state index in [0.29, 0.717) is 19.6 Å². The Morgan fingerprint density at radius 3 is 1.92 bits per heavy atom. The zero-order chi connectivity index (χ0) is 19.2. The molecule has 0 aromatic carbocycles. The third kappa shape index (κ3) is 6.80. The zero-order valence-corrected chi connectivity index (χ0v) is 17.1. The first-order chi connectivity index (χ1) is 12.2. The van der Waals surface area contributed by atoms with Gasteiger partial charge in [-0.2, -0.15) is 0 Å². The molecule has 0 saturated carbocycles. The highest BCUT2D eigenvalue weighted by atomic mass is 32.1. The minimum absolute atomic E-state index is 0.0213. The van der Waals surface area contributed by atoms with E-state index in [0.717, 1.165) is 9.75 Å². The quantitative estimate of drug-likeness (QED) is 0.702. The molecule has 0 atom stereocenters. The third-order valence-electron chi connectivity index (χ3n) is 3.74. The molecule has 0 aliphatic heterocycles. The van der Waals surface area contributed by atoms with Crippen LogP contribution in [0.4, 0.5) is 4.79 Å². The highest BCUT2D eigenvalue weighted by Crippen LogP contribution is 2.19. The van der Waals surface area contributed by atoms with Gasteiger partial charge in [0.25, 0.3) is 0 Å². The second-order valence-corrected chi connectivity index (χ2v) is 9.49. The van der Waals surface area contributed by atoms with Crippen molar-refractivity contribution in [1.82, 2.24) is 9.80 Å². The molecule has 0 aliphatic rings. The van der Waals surface area contributed by atoms with E-state index >= 15 is 0 Å². The Morgan fingerprint density at radius 2 is 1.54 bits per heavy atom. The van der Waals surface area contributed by atoms with Gasteiger partial charge in [-0.3, -0.25) is 4.79 Å². The number of hydrogen-bond donors (Lipinski definition) is 1. The predicted octanol–water partition coefficient (Wildman–Crippen LogP) is 4.75. The summed E-state index contributed by atoms with van der Waals surface area (Å²) in [6.07, 6.45) is -0.783. The van der Waals surface area contributed by atoms with Crippen LogP contribution in [0.2, 0.25) is 0 Å². The van der Waals surface area contributed by atoms with Crippen LogP contribution in [0.25, 0.3) is 0 Å².